The van der Waals surface area contributed by atoms with E-state index in [1.807, 2.05) is 0 Å². The molecule has 0 aliphatic heterocycles. The maximum Gasteiger partial charge on any atom is 0.416 e. The lowest BCUT2D eigenvalue weighted by Crippen LogP contribution is -2.04. The van der Waals surface area contributed by atoms with Crippen LogP contribution in [0.4, 0.5) is 22.0 Å². The molecule has 2 rings (SSSR count). The normalized spacial score (nSPS) is 11.3. The van der Waals surface area contributed by atoms with Gasteiger partial charge < -0.3 is 4.74 Å². The molecule has 0 bridgehead atoms. The molecule has 0 N–H and O–H groups in total. The molecule has 0 fully saturated rings. The van der Waals surface area contributed by atoms with Gasteiger partial charge in [-0.05, 0) is 30.3 Å². The number of rotatable bonds is 3. The van der Waals surface area contributed by atoms with Crippen molar-refractivity contribution in [3.8, 4) is 11.5 Å². The van der Waals surface area contributed by atoms with Gasteiger partial charge in [0.2, 0.25) is 5.82 Å². The highest BCUT2D eigenvalue weighted by molar-refractivity contribution is 5.75. The fraction of sp³-hybridized carbons (Fsp3) is 0.0714. The van der Waals surface area contributed by atoms with E-state index >= 15 is 0 Å². The molecule has 0 saturated heterocycles. The number of hydrogen-bond donors (Lipinski definition) is 0. The number of hydrogen-bond acceptors (Lipinski definition) is 2. The molecule has 2 nitrogen and oxygen atoms in total. The maximum absolute atomic E-state index is 13.6. The highest BCUT2D eigenvalue weighted by Gasteiger charge is 2.30. The zero-order chi connectivity index (χ0) is 15.6. The van der Waals surface area contributed by atoms with E-state index in [1.54, 1.807) is 0 Å². The van der Waals surface area contributed by atoms with Gasteiger partial charge in [-0.25, -0.2) is 4.39 Å². The quantitative estimate of drug-likeness (QED) is 0.612. The Hall–Kier alpha value is -2.44. The van der Waals surface area contributed by atoms with Gasteiger partial charge in [-0.3, -0.25) is 4.79 Å². The molecule has 0 aromatic heterocycles. The number of carbonyl (C=O) groups excluding carboxylic acids is 1. The summed E-state index contributed by atoms with van der Waals surface area (Å²) >= 11 is 0. The van der Waals surface area contributed by atoms with E-state index in [2.05, 4.69) is 0 Å². The van der Waals surface area contributed by atoms with Crippen molar-refractivity contribution in [1.82, 2.24) is 0 Å². The summed E-state index contributed by atoms with van der Waals surface area (Å²) in [6.45, 7) is 0. The van der Waals surface area contributed by atoms with Crippen LogP contribution < -0.4 is 4.74 Å². The molecule has 0 spiro atoms. The van der Waals surface area contributed by atoms with Crippen LogP contribution in [0.5, 0.6) is 11.5 Å². The summed E-state index contributed by atoms with van der Waals surface area (Å²) in [5.74, 6) is -3.79. The van der Waals surface area contributed by atoms with Gasteiger partial charge >= 0.3 is 6.18 Å². The fourth-order valence-corrected chi connectivity index (χ4v) is 1.58. The summed E-state index contributed by atoms with van der Waals surface area (Å²) < 4.78 is 69.4. The fourth-order valence-electron chi connectivity index (χ4n) is 1.58. The predicted octanol–water partition coefficient (Wildman–Crippen LogP) is 4.59. The van der Waals surface area contributed by atoms with Gasteiger partial charge in [0.1, 0.15) is 5.75 Å². The SMILES string of the molecule is O=Cc1ccc(Oc2cccc(C(F)(F)F)c2)c(F)c1F. The first-order valence-corrected chi connectivity index (χ1v) is 5.61. The van der Waals surface area contributed by atoms with Gasteiger partial charge in [0.25, 0.3) is 0 Å². The van der Waals surface area contributed by atoms with E-state index in [9.17, 15) is 26.7 Å². The third-order valence-electron chi connectivity index (χ3n) is 2.59. The molecule has 21 heavy (non-hydrogen) atoms. The van der Waals surface area contributed by atoms with Crippen molar-refractivity contribution in [2.45, 2.75) is 6.18 Å². The van der Waals surface area contributed by atoms with E-state index in [4.69, 9.17) is 4.74 Å². The summed E-state index contributed by atoms with van der Waals surface area (Å²) in [7, 11) is 0. The van der Waals surface area contributed by atoms with Crippen LogP contribution in [-0.2, 0) is 6.18 Å². The van der Waals surface area contributed by atoms with Crippen molar-refractivity contribution in [2.75, 3.05) is 0 Å². The topological polar surface area (TPSA) is 26.3 Å². The summed E-state index contributed by atoms with van der Waals surface area (Å²) in [6, 6.07) is 5.65. The highest BCUT2D eigenvalue weighted by Crippen LogP contribution is 2.33. The molecule has 0 amide bonds. The molecule has 2 aromatic carbocycles. The second-order valence-electron chi connectivity index (χ2n) is 4.03. The zero-order valence-electron chi connectivity index (χ0n) is 10.2. The smallest absolute Gasteiger partial charge is 0.416 e. The van der Waals surface area contributed by atoms with Crippen LogP contribution in [0, 0.1) is 11.6 Å². The van der Waals surface area contributed by atoms with Crippen molar-refractivity contribution in [2.24, 2.45) is 0 Å². The highest BCUT2D eigenvalue weighted by atomic mass is 19.4. The van der Waals surface area contributed by atoms with E-state index in [-0.39, 0.29) is 12.0 Å². The van der Waals surface area contributed by atoms with E-state index in [1.165, 1.54) is 6.07 Å². The molecule has 110 valence electrons. The Morgan fingerprint density at radius 2 is 1.71 bits per heavy atom. The minimum atomic E-state index is -4.58. The average Bonchev–Trinajstić information content (AvgIpc) is 2.44. The van der Waals surface area contributed by atoms with Crippen LogP contribution >= 0.6 is 0 Å². The number of aldehydes is 1. The van der Waals surface area contributed by atoms with E-state index in [0.717, 1.165) is 24.3 Å². The van der Waals surface area contributed by atoms with E-state index in [0.29, 0.717) is 6.07 Å². The van der Waals surface area contributed by atoms with Crippen molar-refractivity contribution in [3.05, 3.63) is 59.2 Å². The van der Waals surface area contributed by atoms with Crippen LogP contribution in [0.3, 0.4) is 0 Å². The maximum atomic E-state index is 13.6. The molecular weight excluding hydrogens is 295 g/mol. The largest absolute Gasteiger partial charge is 0.454 e. The van der Waals surface area contributed by atoms with Gasteiger partial charge in [0.15, 0.2) is 17.9 Å². The number of ether oxygens (including phenoxy) is 1. The van der Waals surface area contributed by atoms with Gasteiger partial charge in [0.05, 0.1) is 11.1 Å². The Labute approximate surface area is 115 Å². The number of halogens is 5. The van der Waals surface area contributed by atoms with Crippen molar-refractivity contribution < 1.29 is 31.5 Å². The van der Waals surface area contributed by atoms with Gasteiger partial charge in [-0.15, -0.1) is 0 Å². The van der Waals surface area contributed by atoms with Crippen LogP contribution in [0.15, 0.2) is 36.4 Å². The number of carbonyl (C=O) groups is 1. The monoisotopic (exact) mass is 302 g/mol. The molecular formula is C14H7F5O2. The summed E-state index contributed by atoms with van der Waals surface area (Å²) in [5.41, 5.74) is -1.49. The Balaban J connectivity index is 2.35. The summed E-state index contributed by atoms with van der Waals surface area (Å²) in [4.78, 5) is 10.4. The van der Waals surface area contributed by atoms with Crippen LogP contribution in [0.2, 0.25) is 0 Å². The molecule has 0 atom stereocenters. The van der Waals surface area contributed by atoms with Crippen LogP contribution in [0.25, 0.3) is 0 Å². The predicted molar refractivity (Wildman–Crippen MR) is 63.3 cm³/mol. The molecule has 0 heterocycles. The summed E-state index contributed by atoms with van der Waals surface area (Å²) in [6.07, 6.45) is -4.46. The molecule has 0 aliphatic rings. The Bertz CT molecular complexity index is 680. The molecule has 7 heteroatoms. The lowest BCUT2D eigenvalue weighted by Gasteiger charge is -2.11. The first-order chi connectivity index (χ1) is 9.82. The Kier molecular flexibility index (Phi) is 3.93. The molecule has 0 saturated carbocycles. The Morgan fingerprint density at radius 3 is 2.33 bits per heavy atom. The average molecular weight is 302 g/mol. The van der Waals surface area contributed by atoms with Crippen LogP contribution in [0.1, 0.15) is 15.9 Å². The zero-order valence-corrected chi connectivity index (χ0v) is 10.2. The molecule has 2 aromatic rings. The third-order valence-corrected chi connectivity index (χ3v) is 2.59. The summed E-state index contributed by atoms with van der Waals surface area (Å²) in [5, 5.41) is 0. The van der Waals surface area contributed by atoms with E-state index < -0.39 is 34.7 Å². The number of benzene rings is 2. The second kappa shape index (κ2) is 5.51. The second-order valence-corrected chi connectivity index (χ2v) is 4.03. The lowest BCUT2D eigenvalue weighted by molar-refractivity contribution is -0.137. The molecule has 0 aliphatic carbocycles. The van der Waals surface area contributed by atoms with Crippen molar-refractivity contribution >= 4 is 6.29 Å². The standard InChI is InChI=1S/C14H7F5O2/c15-12-8(7-20)4-5-11(13(12)16)21-10-3-1-2-9(6-10)14(17,18)19/h1-7H. The van der Waals surface area contributed by atoms with Crippen LogP contribution in [-0.4, -0.2) is 6.29 Å². The Morgan fingerprint density at radius 1 is 1.00 bits per heavy atom. The lowest BCUT2D eigenvalue weighted by atomic mass is 10.2. The molecule has 0 unspecified atom stereocenters. The van der Waals surface area contributed by atoms with Gasteiger partial charge in [-0.2, -0.15) is 17.6 Å². The third kappa shape index (κ3) is 3.18. The first-order valence-electron chi connectivity index (χ1n) is 5.61. The first kappa shape index (κ1) is 15.0. The molecule has 0 radical (unpaired) electrons. The minimum absolute atomic E-state index is 0.118. The van der Waals surface area contributed by atoms with Crippen molar-refractivity contribution in [1.29, 1.82) is 0 Å². The van der Waals surface area contributed by atoms with Crippen molar-refractivity contribution in [3.63, 3.8) is 0 Å². The van der Waals surface area contributed by atoms with Gasteiger partial charge in [0, 0.05) is 0 Å². The number of alkyl halides is 3. The van der Waals surface area contributed by atoms with Gasteiger partial charge in [-0.1, -0.05) is 6.07 Å². The minimum Gasteiger partial charge on any atom is -0.454 e.